The van der Waals surface area contributed by atoms with Crippen molar-refractivity contribution in [3.8, 4) is 22.9 Å². The number of piperidine rings is 1. The van der Waals surface area contributed by atoms with E-state index in [1.165, 1.54) is 32.4 Å². The zero-order valence-corrected chi connectivity index (χ0v) is 17.8. The maximum Gasteiger partial charge on any atom is 0.171 e. The first-order chi connectivity index (χ1) is 15.3. The van der Waals surface area contributed by atoms with Gasteiger partial charge < -0.3 is 14.4 Å². The van der Waals surface area contributed by atoms with E-state index in [4.69, 9.17) is 9.47 Å². The van der Waals surface area contributed by atoms with E-state index in [1.54, 1.807) is 13.4 Å². The number of methoxy groups -OCH3 is 1. The summed E-state index contributed by atoms with van der Waals surface area (Å²) in [5.74, 6) is 2.17. The second-order valence-electron chi connectivity index (χ2n) is 7.95. The molecule has 7 nitrogen and oxygen atoms in total. The Hall–Kier alpha value is -3.19. The molecular formula is C24H27N5O2. The molecule has 0 N–H and O–H groups in total. The lowest BCUT2D eigenvalue weighted by atomic mass is 10.1. The van der Waals surface area contributed by atoms with E-state index < -0.39 is 0 Å². The number of hydrogen-bond donors (Lipinski definition) is 0. The first-order valence-corrected chi connectivity index (χ1v) is 11.0. The van der Waals surface area contributed by atoms with Crippen LogP contribution in [-0.2, 0) is 0 Å². The van der Waals surface area contributed by atoms with Gasteiger partial charge >= 0.3 is 0 Å². The summed E-state index contributed by atoms with van der Waals surface area (Å²) in [5, 5.41) is 9.71. The first-order valence-electron chi connectivity index (χ1n) is 11.0. The van der Waals surface area contributed by atoms with E-state index in [9.17, 15) is 0 Å². The van der Waals surface area contributed by atoms with Crippen molar-refractivity contribution in [2.75, 3.05) is 33.4 Å². The average Bonchev–Trinajstić information content (AvgIpc) is 3.27. The smallest absolute Gasteiger partial charge is 0.171 e. The summed E-state index contributed by atoms with van der Waals surface area (Å²) in [7, 11) is 1.66. The lowest BCUT2D eigenvalue weighted by Crippen LogP contribution is -2.31. The molecule has 2 aromatic carbocycles. The molecule has 0 bridgehead atoms. The van der Waals surface area contributed by atoms with Crippen LogP contribution in [0.3, 0.4) is 0 Å². The molecule has 1 fully saturated rings. The van der Waals surface area contributed by atoms with Crippen LogP contribution in [0.5, 0.6) is 11.5 Å². The van der Waals surface area contributed by atoms with Gasteiger partial charge in [0.2, 0.25) is 0 Å². The monoisotopic (exact) mass is 417 g/mol. The van der Waals surface area contributed by atoms with Gasteiger partial charge in [0.15, 0.2) is 23.0 Å². The van der Waals surface area contributed by atoms with Crippen molar-refractivity contribution in [1.82, 2.24) is 24.5 Å². The van der Waals surface area contributed by atoms with Crippen LogP contribution < -0.4 is 9.47 Å². The minimum atomic E-state index is 0.656. The van der Waals surface area contributed by atoms with E-state index in [2.05, 4.69) is 20.1 Å². The Kier molecular flexibility index (Phi) is 5.67. The van der Waals surface area contributed by atoms with Crippen LogP contribution in [0.2, 0.25) is 0 Å². The van der Waals surface area contributed by atoms with Crippen LogP contribution in [0.25, 0.3) is 27.9 Å². The highest BCUT2D eigenvalue weighted by molar-refractivity contribution is 5.94. The third kappa shape index (κ3) is 4.05. The van der Waals surface area contributed by atoms with Gasteiger partial charge in [-0.25, -0.2) is 4.98 Å². The van der Waals surface area contributed by atoms with Gasteiger partial charge in [0.1, 0.15) is 6.33 Å². The quantitative estimate of drug-likeness (QED) is 0.420. The molecule has 3 heterocycles. The van der Waals surface area contributed by atoms with Crippen LogP contribution in [-0.4, -0.2) is 57.8 Å². The zero-order chi connectivity index (χ0) is 21.0. The molecule has 0 spiro atoms. The molecule has 0 unspecified atom stereocenters. The number of benzene rings is 2. The van der Waals surface area contributed by atoms with Crippen LogP contribution >= 0.6 is 0 Å². The fraction of sp³-hybridized carbons (Fsp3) is 0.375. The Morgan fingerprint density at radius 1 is 0.968 bits per heavy atom. The SMILES string of the molecule is COc1cc2c(cc1OCCCN1CCCCC1)ncn1c(-c3ccccc3)nnc21. The number of aromatic nitrogens is 4. The van der Waals surface area contributed by atoms with Gasteiger partial charge in [-0.3, -0.25) is 4.40 Å². The van der Waals surface area contributed by atoms with Crippen molar-refractivity contribution < 1.29 is 9.47 Å². The highest BCUT2D eigenvalue weighted by Crippen LogP contribution is 2.33. The Bertz CT molecular complexity index is 1170. The molecule has 0 saturated carbocycles. The van der Waals surface area contributed by atoms with Gasteiger partial charge in [-0.15, -0.1) is 10.2 Å². The predicted molar refractivity (Wildman–Crippen MR) is 121 cm³/mol. The molecule has 4 aromatic rings. The van der Waals surface area contributed by atoms with Crippen molar-refractivity contribution in [3.63, 3.8) is 0 Å². The Labute approximate surface area is 181 Å². The third-order valence-corrected chi connectivity index (χ3v) is 5.89. The fourth-order valence-electron chi connectivity index (χ4n) is 4.25. The zero-order valence-electron chi connectivity index (χ0n) is 17.8. The van der Waals surface area contributed by atoms with Crippen molar-refractivity contribution in [2.24, 2.45) is 0 Å². The summed E-state index contributed by atoms with van der Waals surface area (Å²) in [6, 6.07) is 13.9. The number of likely N-dealkylation sites (tertiary alicyclic amines) is 1. The normalized spacial score (nSPS) is 14.9. The molecule has 0 aliphatic carbocycles. The Morgan fingerprint density at radius 2 is 1.81 bits per heavy atom. The average molecular weight is 418 g/mol. The van der Waals surface area contributed by atoms with Crippen molar-refractivity contribution in [1.29, 1.82) is 0 Å². The van der Waals surface area contributed by atoms with Crippen molar-refractivity contribution in [2.45, 2.75) is 25.7 Å². The topological polar surface area (TPSA) is 64.8 Å². The Morgan fingerprint density at radius 3 is 2.61 bits per heavy atom. The highest BCUT2D eigenvalue weighted by Gasteiger charge is 2.15. The standard InChI is InChI=1S/C24H27N5O2/c1-30-21-15-19-20(16-22(21)31-14-8-13-28-11-6-3-7-12-28)25-17-29-23(26-27-24(19)29)18-9-4-2-5-10-18/h2,4-5,9-10,15-17H,3,6-8,11-14H2,1H3. The summed E-state index contributed by atoms with van der Waals surface area (Å²) >= 11 is 0. The second-order valence-corrected chi connectivity index (χ2v) is 7.95. The number of fused-ring (bicyclic) bond motifs is 3. The summed E-state index contributed by atoms with van der Waals surface area (Å²) in [4.78, 5) is 7.17. The van der Waals surface area contributed by atoms with E-state index in [-0.39, 0.29) is 0 Å². The fourth-order valence-corrected chi connectivity index (χ4v) is 4.25. The first kappa shape index (κ1) is 19.8. The largest absolute Gasteiger partial charge is 0.493 e. The molecule has 5 rings (SSSR count). The molecule has 1 aliphatic heterocycles. The molecule has 2 aromatic heterocycles. The van der Waals surface area contributed by atoms with Crippen LogP contribution in [0.4, 0.5) is 0 Å². The number of rotatable bonds is 7. The van der Waals surface area contributed by atoms with Gasteiger partial charge in [-0.1, -0.05) is 36.8 Å². The second kappa shape index (κ2) is 8.89. The van der Waals surface area contributed by atoms with Crippen LogP contribution in [0, 0.1) is 0 Å². The van der Waals surface area contributed by atoms with Gasteiger partial charge in [0, 0.05) is 23.6 Å². The predicted octanol–water partition coefficient (Wildman–Crippen LogP) is 4.21. The molecule has 0 radical (unpaired) electrons. The van der Waals surface area contributed by atoms with Crippen LogP contribution in [0.1, 0.15) is 25.7 Å². The molecule has 31 heavy (non-hydrogen) atoms. The van der Waals surface area contributed by atoms with Gasteiger partial charge in [-0.05, 0) is 38.4 Å². The maximum atomic E-state index is 6.08. The van der Waals surface area contributed by atoms with Crippen LogP contribution in [0.15, 0.2) is 48.8 Å². The van der Waals surface area contributed by atoms with E-state index in [0.717, 1.165) is 40.9 Å². The minimum absolute atomic E-state index is 0.656. The molecule has 160 valence electrons. The van der Waals surface area contributed by atoms with E-state index in [0.29, 0.717) is 18.1 Å². The highest BCUT2D eigenvalue weighted by atomic mass is 16.5. The summed E-state index contributed by atoms with van der Waals surface area (Å²) in [6.45, 7) is 4.16. The number of hydrogen-bond acceptors (Lipinski definition) is 6. The lowest BCUT2D eigenvalue weighted by Gasteiger charge is -2.26. The van der Waals surface area contributed by atoms with Crippen molar-refractivity contribution >= 4 is 16.6 Å². The Balaban J connectivity index is 1.38. The summed E-state index contributed by atoms with van der Waals surface area (Å²) < 4.78 is 13.6. The van der Waals surface area contributed by atoms with Gasteiger partial charge in [0.05, 0.1) is 19.2 Å². The maximum absolute atomic E-state index is 6.08. The van der Waals surface area contributed by atoms with Gasteiger partial charge in [0.25, 0.3) is 0 Å². The van der Waals surface area contributed by atoms with E-state index in [1.807, 2.05) is 46.9 Å². The van der Waals surface area contributed by atoms with Gasteiger partial charge in [-0.2, -0.15) is 0 Å². The molecule has 7 heteroatoms. The molecule has 0 amide bonds. The number of ether oxygens (including phenoxy) is 2. The minimum Gasteiger partial charge on any atom is -0.493 e. The number of nitrogens with zero attached hydrogens (tertiary/aromatic N) is 5. The van der Waals surface area contributed by atoms with Crippen molar-refractivity contribution in [3.05, 3.63) is 48.8 Å². The lowest BCUT2D eigenvalue weighted by molar-refractivity contribution is 0.203. The van der Waals surface area contributed by atoms with E-state index >= 15 is 0 Å². The molecule has 1 saturated heterocycles. The molecule has 1 aliphatic rings. The summed E-state index contributed by atoms with van der Waals surface area (Å²) in [6.07, 6.45) is 6.76. The third-order valence-electron chi connectivity index (χ3n) is 5.89. The molecule has 0 atom stereocenters. The summed E-state index contributed by atoms with van der Waals surface area (Å²) in [5.41, 5.74) is 2.56. The molecular weight excluding hydrogens is 390 g/mol.